The number of unbranched alkanes of at least 4 members (excludes halogenated alkanes) is 1. The van der Waals surface area contributed by atoms with Gasteiger partial charge in [-0.3, -0.25) is 9.69 Å². The van der Waals surface area contributed by atoms with Gasteiger partial charge in [-0.1, -0.05) is 35.9 Å². The first-order valence-electron chi connectivity index (χ1n) is 12.2. The average Bonchev–Trinajstić information content (AvgIpc) is 3.03. The Bertz CT molecular complexity index is 1320. The average molecular weight is 505 g/mol. The highest BCUT2D eigenvalue weighted by atomic mass is 35.5. The van der Waals surface area contributed by atoms with Gasteiger partial charge < -0.3 is 14.4 Å². The van der Waals surface area contributed by atoms with Gasteiger partial charge in [0.1, 0.15) is 18.3 Å². The summed E-state index contributed by atoms with van der Waals surface area (Å²) in [6.45, 7) is 3.74. The van der Waals surface area contributed by atoms with Crippen molar-refractivity contribution in [1.29, 1.82) is 0 Å². The fraction of sp³-hybridized carbons (Fsp3) is 0.321. The SMILES string of the molecule is COCC1=COc2ccc(Cl)cc2C(=O)N1CCCCN1CC=C(c2ncnc3ccccc23)CC1. The molecule has 0 N–H and O–H groups in total. The highest BCUT2D eigenvalue weighted by Crippen LogP contribution is 2.29. The van der Waals surface area contributed by atoms with E-state index in [1.807, 2.05) is 18.2 Å². The van der Waals surface area contributed by atoms with E-state index in [4.69, 9.17) is 21.1 Å². The van der Waals surface area contributed by atoms with Crippen LogP contribution in [0.15, 0.2) is 66.8 Å². The number of hydrogen-bond acceptors (Lipinski definition) is 6. The van der Waals surface area contributed by atoms with E-state index in [2.05, 4.69) is 27.0 Å². The van der Waals surface area contributed by atoms with Crippen LogP contribution in [0.3, 0.4) is 0 Å². The molecule has 7 nitrogen and oxygen atoms in total. The Balaban J connectivity index is 1.18. The highest BCUT2D eigenvalue weighted by molar-refractivity contribution is 6.31. The van der Waals surface area contributed by atoms with Gasteiger partial charge in [-0.25, -0.2) is 9.97 Å². The molecule has 3 aromatic rings. The van der Waals surface area contributed by atoms with Crippen LogP contribution in [0.25, 0.3) is 16.5 Å². The molecule has 0 saturated carbocycles. The molecule has 2 aliphatic heterocycles. The van der Waals surface area contributed by atoms with Gasteiger partial charge in [0.15, 0.2) is 0 Å². The summed E-state index contributed by atoms with van der Waals surface area (Å²) in [5.41, 5.74) is 4.48. The van der Waals surface area contributed by atoms with Gasteiger partial charge in [0, 0.05) is 37.2 Å². The standard InChI is InChI=1S/C28H29ClN4O3/c1-35-17-22-18-36-26-9-8-21(29)16-24(26)28(34)33(22)13-5-4-12-32-14-10-20(11-15-32)27-23-6-2-3-7-25(23)30-19-31-27/h2-3,6-10,16,18-19H,4-5,11-15,17H2,1H3. The van der Waals surface area contributed by atoms with Crippen LogP contribution in [-0.2, 0) is 4.74 Å². The van der Waals surface area contributed by atoms with Crippen LogP contribution in [0.4, 0.5) is 0 Å². The number of rotatable bonds is 8. The second-order valence-electron chi connectivity index (χ2n) is 8.98. The molecular weight excluding hydrogens is 476 g/mol. The van der Waals surface area contributed by atoms with Crippen LogP contribution in [0, 0.1) is 0 Å². The molecule has 0 fully saturated rings. The number of halogens is 1. The molecule has 0 radical (unpaired) electrons. The van der Waals surface area contributed by atoms with Gasteiger partial charge in [0.2, 0.25) is 0 Å². The molecule has 0 aliphatic carbocycles. The molecule has 0 bridgehead atoms. The number of amides is 1. The van der Waals surface area contributed by atoms with E-state index < -0.39 is 0 Å². The van der Waals surface area contributed by atoms with Crippen molar-refractivity contribution in [3.63, 3.8) is 0 Å². The van der Waals surface area contributed by atoms with E-state index in [0.717, 1.165) is 55.5 Å². The molecule has 1 aromatic heterocycles. The Morgan fingerprint density at radius 2 is 1.97 bits per heavy atom. The Labute approximate surface area is 216 Å². The lowest BCUT2D eigenvalue weighted by molar-refractivity contribution is 0.0771. The van der Waals surface area contributed by atoms with Crippen molar-refractivity contribution in [2.75, 3.05) is 39.9 Å². The second-order valence-corrected chi connectivity index (χ2v) is 9.42. The van der Waals surface area contributed by atoms with Crippen LogP contribution < -0.4 is 4.74 Å². The quantitative estimate of drug-likeness (QED) is 0.394. The van der Waals surface area contributed by atoms with Crippen LogP contribution in [-0.4, -0.2) is 65.6 Å². The minimum atomic E-state index is -0.115. The van der Waals surface area contributed by atoms with Crippen molar-refractivity contribution < 1.29 is 14.3 Å². The first kappa shape index (κ1) is 24.4. The summed E-state index contributed by atoms with van der Waals surface area (Å²) in [6.07, 6.45) is 8.35. The third-order valence-corrected chi connectivity index (χ3v) is 6.86. The third-order valence-electron chi connectivity index (χ3n) is 6.62. The molecule has 0 atom stereocenters. The number of aromatic nitrogens is 2. The summed E-state index contributed by atoms with van der Waals surface area (Å²) in [7, 11) is 1.61. The van der Waals surface area contributed by atoms with Crippen LogP contribution in [0.1, 0.15) is 35.3 Å². The number of carbonyl (C=O) groups is 1. The predicted molar refractivity (Wildman–Crippen MR) is 141 cm³/mol. The van der Waals surface area contributed by atoms with Gasteiger partial charge in [-0.15, -0.1) is 0 Å². The molecule has 0 unspecified atom stereocenters. The number of para-hydroxylation sites is 1. The summed E-state index contributed by atoms with van der Waals surface area (Å²) in [6, 6.07) is 13.3. The summed E-state index contributed by atoms with van der Waals surface area (Å²) < 4.78 is 11.1. The Hall–Kier alpha value is -3.26. The number of benzene rings is 2. The molecule has 2 aromatic carbocycles. The number of methoxy groups -OCH3 is 1. The molecule has 5 rings (SSSR count). The van der Waals surface area contributed by atoms with Crippen molar-refractivity contribution in [2.45, 2.75) is 19.3 Å². The van der Waals surface area contributed by atoms with Gasteiger partial charge >= 0.3 is 0 Å². The molecule has 1 amide bonds. The fourth-order valence-electron chi connectivity index (χ4n) is 4.74. The first-order valence-corrected chi connectivity index (χ1v) is 12.6. The van der Waals surface area contributed by atoms with Gasteiger partial charge in [-0.2, -0.15) is 0 Å². The number of carbonyl (C=O) groups excluding carboxylic acids is 1. The zero-order valence-corrected chi connectivity index (χ0v) is 21.1. The van der Waals surface area contributed by atoms with Gasteiger partial charge in [0.25, 0.3) is 5.91 Å². The molecule has 3 heterocycles. The second kappa shape index (κ2) is 11.2. The zero-order valence-electron chi connectivity index (χ0n) is 20.3. The number of ether oxygens (including phenoxy) is 2. The topological polar surface area (TPSA) is 67.8 Å². The van der Waals surface area contributed by atoms with Crippen LogP contribution in [0.2, 0.25) is 5.02 Å². The summed E-state index contributed by atoms with van der Waals surface area (Å²) in [4.78, 5) is 26.4. The van der Waals surface area contributed by atoms with E-state index in [-0.39, 0.29) is 5.91 Å². The van der Waals surface area contributed by atoms with Crippen molar-refractivity contribution in [3.8, 4) is 5.75 Å². The van der Waals surface area contributed by atoms with E-state index in [0.29, 0.717) is 35.2 Å². The van der Waals surface area contributed by atoms with E-state index in [9.17, 15) is 4.79 Å². The normalized spacial score (nSPS) is 16.3. The summed E-state index contributed by atoms with van der Waals surface area (Å²) in [5.74, 6) is 0.392. The highest BCUT2D eigenvalue weighted by Gasteiger charge is 2.26. The van der Waals surface area contributed by atoms with Crippen LogP contribution in [0.5, 0.6) is 5.75 Å². The minimum Gasteiger partial charge on any atom is -0.462 e. The van der Waals surface area contributed by atoms with Crippen LogP contribution >= 0.6 is 11.6 Å². The van der Waals surface area contributed by atoms with Crippen molar-refractivity contribution in [2.24, 2.45) is 0 Å². The van der Waals surface area contributed by atoms with Gasteiger partial charge in [0.05, 0.1) is 29.1 Å². The number of nitrogens with zero attached hydrogens (tertiary/aromatic N) is 4. The monoisotopic (exact) mass is 504 g/mol. The first-order chi connectivity index (χ1) is 17.6. The molecule has 0 saturated heterocycles. The third kappa shape index (κ3) is 5.28. The number of fused-ring (bicyclic) bond motifs is 2. The summed E-state index contributed by atoms with van der Waals surface area (Å²) >= 11 is 6.15. The minimum absolute atomic E-state index is 0.115. The molecule has 186 valence electrons. The lowest BCUT2D eigenvalue weighted by atomic mass is 10.0. The lowest BCUT2D eigenvalue weighted by Gasteiger charge is -2.27. The molecule has 2 aliphatic rings. The predicted octanol–water partition coefficient (Wildman–Crippen LogP) is 5.18. The number of hydrogen-bond donors (Lipinski definition) is 0. The van der Waals surface area contributed by atoms with Crippen molar-refractivity contribution >= 4 is 34.0 Å². The maximum absolute atomic E-state index is 13.3. The Morgan fingerprint density at radius 3 is 2.81 bits per heavy atom. The Kier molecular flexibility index (Phi) is 7.60. The van der Waals surface area contributed by atoms with E-state index in [1.165, 1.54) is 5.57 Å². The molecule has 36 heavy (non-hydrogen) atoms. The lowest BCUT2D eigenvalue weighted by Crippen LogP contribution is -2.33. The Morgan fingerprint density at radius 1 is 1.11 bits per heavy atom. The largest absolute Gasteiger partial charge is 0.462 e. The molecule has 0 spiro atoms. The van der Waals surface area contributed by atoms with E-state index >= 15 is 0 Å². The molecular formula is C28H29ClN4O3. The zero-order chi connectivity index (χ0) is 24.9. The summed E-state index contributed by atoms with van der Waals surface area (Å²) in [5, 5.41) is 1.61. The van der Waals surface area contributed by atoms with Gasteiger partial charge in [-0.05, 0) is 55.6 Å². The van der Waals surface area contributed by atoms with E-state index in [1.54, 1.807) is 42.8 Å². The molecule has 8 heteroatoms. The maximum atomic E-state index is 13.3. The smallest absolute Gasteiger partial charge is 0.262 e. The maximum Gasteiger partial charge on any atom is 0.262 e. The van der Waals surface area contributed by atoms with Crippen molar-refractivity contribution in [1.82, 2.24) is 19.8 Å². The fourth-order valence-corrected chi connectivity index (χ4v) is 4.92. The van der Waals surface area contributed by atoms with Crippen molar-refractivity contribution in [3.05, 3.63) is 83.1 Å².